The average molecular weight is 207 g/mol. The molecular weight excluding hydrogens is 190 g/mol. The second kappa shape index (κ2) is 4.74. The van der Waals surface area contributed by atoms with Crippen LogP contribution in [0.15, 0.2) is 24.3 Å². The van der Waals surface area contributed by atoms with Crippen molar-refractivity contribution in [1.82, 2.24) is 0 Å². The SMILES string of the molecule is CCc1ccccc1N[C@H]1CCSC1. The Morgan fingerprint density at radius 3 is 3.00 bits per heavy atom. The zero-order valence-electron chi connectivity index (χ0n) is 8.62. The van der Waals surface area contributed by atoms with E-state index in [-0.39, 0.29) is 0 Å². The van der Waals surface area contributed by atoms with Gasteiger partial charge >= 0.3 is 0 Å². The van der Waals surface area contributed by atoms with Crippen LogP contribution < -0.4 is 5.32 Å². The van der Waals surface area contributed by atoms with E-state index in [1.165, 1.54) is 29.2 Å². The van der Waals surface area contributed by atoms with Crippen molar-refractivity contribution in [2.45, 2.75) is 25.8 Å². The minimum atomic E-state index is 0.688. The van der Waals surface area contributed by atoms with E-state index in [0.29, 0.717) is 6.04 Å². The third-order valence-electron chi connectivity index (χ3n) is 2.69. The van der Waals surface area contributed by atoms with Gasteiger partial charge < -0.3 is 5.32 Å². The molecule has 0 radical (unpaired) electrons. The fourth-order valence-corrected chi connectivity index (χ4v) is 2.99. The van der Waals surface area contributed by atoms with E-state index in [9.17, 15) is 0 Å². The van der Waals surface area contributed by atoms with Gasteiger partial charge in [0.25, 0.3) is 0 Å². The van der Waals surface area contributed by atoms with Crippen LogP contribution in [0.25, 0.3) is 0 Å². The summed E-state index contributed by atoms with van der Waals surface area (Å²) < 4.78 is 0. The molecule has 1 heterocycles. The van der Waals surface area contributed by atoms with Crippen molar-refractivity contribution in [3.05, 3.63) is 29.8 Å². The normalized spacial score (nSPS) is 21.1. The molecule has 1 nitrogen and oxygen atoms in total. The topological polar surface area (TPSA) is 12.0 Å². The Kier molecular flexibility index (Phi) is 3.35. The van der Waals surface area contributed by atoms with Gasteiger partial charge in [0.1, 0.15) is 0 Å². The minimum Gasteiger partial charge on any atom is -0.381 e. The highest BCUT2D eigenvalue weighted by Crippen LogP contribution is 2.23. The van der Waals surface area contributed by atoms with Gasteiger partial charge in [-0.05, 0) is 30.2 Å². The van der Waals surface area contributed by atoms with Crippen molar-refractivity contribution >= 4 is 17.4 Å². The lowest BCUT2D eigenvalue weighted by Gasteiger charge is -2.15. The molecule has 0 aromatic heterocycles. The standard InChI is InChI=1S/C12H17NS/c1-2-10-5-3-4-6-12(10)13-11-7-8-14-9-11/h3-6,11,13H,2,7-9H2,1H3/t11-/m0/s1. The van der Waals surface area contributed by atoms with Crippen LogP contribution in [0, 0.1) is 0 Å². The molecule has 0 amide bonds. The van der Waals surface area contributed by atoms with E-state index in [1.807, 2.05) is 0 Å². The molecule has 76 valence electrons. The molecule has 1 aliphatic heterocycles. The van der Waals surface area contributed by atoms with E-state index < -0.39 is 0 Å². The van der Waals surface area contributed by atoms with Gasteiger partial charge in [0.15, 0.2) is 0 Å². The molecular formula is C12H17NS. The molecule has 1 atom stereocenters. The molecule has 1 aliphatic rings. The molecule has 1 N–H and O–H groups in total. The zero-order chi connectivity index (χ0) is 9.80. The monoisotopic (exact) mass is 207 g/mol. The Balaban J connectivity index is 2.07. The Labute approximate surface area is 90.3 Å². The number of hydrogen-bond donors (Lipinski definition) is 1. The Hall–Kier alpha value is -0.630. The molecule has 0 saturated carbocycles. The van der Waals surface area contributed by atoms with E-state index in [4.69, 9.17) is 0 Å². The van der Waals surface area contributed by atoms with Crippen LogP contribution in [0.2, 0.25) is 0 Å². The molecule has 0 unspecified atom stereocenters. The molecule has 1 aromatic rings. The maximum absolute atomic E-state index is 3.64. The van der Waals surface area contributed by atoms with Crippen LogP contribution in [-0.2, 0) is 6.42 Å². The number of thioether (sulfide) groups is 1. The number of benzene rings is 1. The van der Waals surface area contributed by atoms with Crippen molar-refractivity contribution in [2.24, 2.45) is 0 Å². The number of nitrogens with one attached hydrogen (secondary N) is 1. The highest BCUT2D eigenvalue weighted by atomic mass is 32.2. The first-order valence-corrected chi connectivity index (χ1v) is 6.48. The lowest BCUT2D eigenvalue weighted by Crippen LogP contribution is -2.18. The number of anilines is 1. The fraction of sp³-hybridized carbons (Fsp3) is 0.500. The summed E-state index contributed by atoms with van der Waals surface area (Å²) in [5.74, 6) is 2.57. The first-order chi connectivity index (χ1) is 6.90. The minimum absolute atomic E-state index is 0.688. The van der Waals surface area contributed by atoms with Crippen molar-refractivity contribution in [2.75, 3.05) is 16.8 Å². The molecule has 1 aromatic carbocycles. The van der Waals surface area contributed by atoms with Gasteiger partial charge in [0, 0.05) is 17.5 Å². The van der Waals surface area contributed by atoms with Gasteiger partial charge in [-0.2, -0.15) is 11.8 Å². The maximum Gasteiger partial charge on any atom is 0.0375 e. The summed E-state index contributed by atoms with van der Waals surface area (Å²) in [4.78, 5) is 0. The third-order valence-corrected chi connectivity index (χ3v) is 3.85. The molecule has 0 spiro atoms. The van der Waals surface area contributed by atoms with Gasteiger partial charge in [-0.3, -0.25) is 0 Å². The quantitative estimate of drug-likeness (QED) is 0.817. The lowest BCUT2D eigenvalue weighted by atomic mass is 10.1. The number of aryl methyl sites for hydroxylation is 1. The van der Waals surface area contributed by atoms with Gasteiger partial charge in [-0.15, -0.1) is 0 Å². The number of rotatable bonds is 3. The van der Waals surface area contributed by atoms with Gasteiger partial charge in [-0.25, -0.2) is 0 Å². The van der Waals surface area contributed by atoms with E-state index in [1.54, 1.807) is 0 Å². The van der Waals surface area contributed by atoms with Crippen LogP contribution in [-0.4, -0.2) is 17.5 Å². The second-order valence-corrected chi connectivity index (χ2v) is 4.87. The molecule has 1 saturated heterocycles. The third kappa shape index (κ3) is 2.24. The van der Waals surface area contributed by atoms with E-state index in [2.05, 4.69) is 48.3 Å². The fourth-order valence-electron chi connectivity index (χ4n) is 1.84. The highest BCUT2D eigenvalue weighted by Gasteiger charge is 2.15. The molecule has 0 aliphatic carbocycles. The van der Waals surface area contributed by atoms with E-state index >= 15 is 0 Å². The van der Waals surface area contributed by atoms with Crippen LogP contribution >= 0.6 is 11.8 Å². The first-order valence-electron chi connectivity index (χ1n) is 5.32. The Morgan fingerprint density at radius 1 is 1.43 bits per heavy atom. The van der Waals surface area contributed by atoms with Gasteiger partial charge in [0.05, 0.1) is 0 Å². The molecule has 1 fully saturated rings. The summed E-state index contributed by atoms with van der Waals surface area (Å²) in [5.41, 5.74) is 2.77. The van der Waals surface area contributed by atoms with Crippen molar-refractivity contribution in [1.29, 1.82) is 0 Å². The van der Waals surface area contributed by atoms with Crippen molar-refractivity contribution < 1.29 is 0 Å². The smallest absolute Gasteiger partial charge is 0.0375 e. The summed E-state index contributed by atoms with van der Waals surface area (Å²) in [6.07, 6.45) is 2.42. The zero-order valence-corrected chi connectivity index (χ0v) is 9.44. The highest BCUT2D eigenvalue weighted by molar-refractivity contribution is 7.99. The number of para-hydroxylation sites is 1. The van der Waals surface area contributed by atoms with Gasteiger partial charge in [-0.1, -0.05) is 25.1 Å². The molecule has 0 bridgehead atoms. The van der Waals surface area contributed by atoms with Gasteiger partial charge in [0.2, 0.25) is 0 Å². The summed E-state index contributed by atoms with van der Waals surface area (Å²) in [7, 11) is 0. The predicted molar refractivity (Wildman–Crippen MR) is 65.2 cm³/mol. The average Bonchev–Trinajstić information content (AvgIpc) is 2.71. The predicted octanol–water partition coefficient (Wildman–Crippen LogP) is 3.17. The molecule has 2 rings (SSSR count). The van der Waals surface area contributed by atoms with Crippen LogP contribution in [0.4, 0.5) is 5.69 Å². The largest absolute Gasteiger partial charge is 0.381 e. The Morgan fingerprint density at radius 2 is 2.29 bits per heavy atom. The summed E-state index contributed by atoms with van der Waals surface area (Å²) in [5, 5.41) is 3.64. The maximum atomic E-state index is 3.64. The second-order valence-electron chi connectivity index (χ2n) is 3.72. The summed E-state index contributed by atoms with van der Waals surface area (Å²) in [6, 6.07) is 9.33. The first kappa shape index (κ1) is 9.91. The van der Waals surface area contributed by atoms with Crippen LogP contribution in [0.3, 0.4) is 0 Å². The number of hydrogen-bond acceptors (Lipinski definition) is 2. The molecule has 14 heavy (non-hydrogen) atoms. The van der Waals surface area contributed by atoms with E-state index in [0.717, 1.165) is 6.42 Å². The Bertz CT molecular complexity index is 292. The van der Waals surface area contributed by atoms with Crippen molar-refractivity contribution in [3.8, 4) is 0 Å². The van der Waals surface area contributed by atoms with Crippen LogP contribution in [0.1, 0.15) is 18.9 Å². The summed E-state index contributed by atoms with van der Waals surface area (Å²) in [6.45, 7) is 2.21. The van der Waals surface area contributed by atoms with Crippen molar-refractivity contribution in [3.63, 3.8) is 0 Å². The van der Waals surface area contributed by atoms with Crippen LogP contribution in [0.5, 0.6) is 0 Å². The lowest BCUT2D eigenvalue weighted by molar-refractivity contribution is 0.810. The molecule has 2 heteroatoms. The summed E-state index contributed by atoms with van der Waals surface area (Å²) >= 11 is 2.05.